The van der Waals surface area contributed by atoms with Gasteiger partial charge in [0, 0.05) is 22.7 Å². The van der Waals surface area contributed by atoms with Crippen molar-refractivity contribution in [3.63, 3.8) is 0 Å². The number of nitrogens with two attached hydrogens (primary N) is 3. The number of fused-ring (bicyclic) bond motifs is 1. The molecule has 2 heterocycles. The molecule has 1 unspecified atom stereocenters. The molecule has 0 spiro atoms. The van der Waals surface area contributed by atoms with Crippen LogP contribution in [-0.4, -0.2) is 48.0 Å². The average molecular weight is 715 g/mol. The van der Waals surface area contributed by atoms with Crippen LogP contribution < -0.4 is 22.8 Å². The summed E-state index contributed by atoms with van der Waals surface area (Å²) in [6, 6.07) is 13.6. The van der Waals surface area contributed by atoms with Crippen molar-refractivity contribution in [3.05, 3.63) is 92.0 Å². The minimum absolute atomic E-state index is 0.00715. The fraction of sp³-hybridized carbons (Fsp3) is 0.474. The number of urea groups is 1. The first kappa shape index (κ1) is 41.3. The zero-order chi connectivity index (χ0) is 39.0. The van der Waals surface area contributed by atoms with E-state index in [4.69, 9.17) is 27.1 Å². The lowest BCUT2D eigenvalue weighted by atomic mass is 9.69. The molecule has 2 aromatic heterocycles. The van der Waals surface area contributed by atoms with Crippen molar-refractivity contribution in [2.45, 2.75) is 113 Å². The van der Waals surface area contributed by atoms with Crippen molar-refractivity contribution >= 4 is 23.4 Å². The van der Waals surface area contributed by atoms with Gasteiger partial charge in [0.2, 0.25) is 5.78 Å². The summed E-state index contributed by atoms with van der Waals surface area (Å²) >= 11 is 0. The third kappa shape index (κ3) is 9.22. The van der Waals surface area contributed by atoms with E-state index >= 15 is 0 Å². The maximum atomic E-state index is 14.6. The SMILES string of the molecule is CC.CCCc1c(Cc2ccc(-c3ccccc3/C(N)=N/C(=O)N=O)cc2)c(=O)n(C/C(=N/OC(C)(C)N)C(C)(N)C(C)(C)CC)c2nc(C)nn12. The second kappa shape index (κ2) is 17.0. The average Bonchev–Trinajstić information content (AvgIpc) is 3.50. The molecule has 0 radical (unpaired) electrons. The molecule has 0 fully saturated rings. The summed E-state index contributed by atoms with van der Waals surface area (Å²) in [6.45, 7) is 19.3. The fourth-order valence-electron chi connectivity index (χ4n) is 5.59. The van der Waals surface area contributed by atoms with Gasteiger partial charge in [-0.2, -0.15) is 15.1 Å². The summed E-state index contributed by atoms with van der Waals surface area (Å²) in [5.41, 5.74) is 21.2. The van der Waals surface area contributed by atoms with Gasteiger partial charge in [-0.05, 0) is 62.6 Å². The number of benzene rings is 2. The number of nitrogens with zero attached hydrogens (tertiary/aromatic N) is 7. The van der Waals surface area contributed by atoms with Gasteiger partial charge in [0.25, 0.3) is 5.56 Å². The van der Waals surface area contributed by atoms with Gasteiger partial charge >= 0.3 is 6.03 Å². The van der Waals surface area contributed by atoms with Crippen LogP contribution in [0.3, 0.4) is 0 Å². The van der Waals surface area contributed by atoms with Crippen molar-refractivity contribution in [1.82, 2.24) is 19.2 Å². The van der Waals surface area contributed by atoms with Crippen molar-refractivity contribution in [3.8, 4) is 11.1 Å². The Morgan fingerprint density at radius 1 is 0.981 bits per heavy atom. The number of rotatable bonds is 13. The molecule has 1 atom stereocenters. The van der Waals surface area contributed by atoms with E-state index in [1.165, 1.54) is 0 Å². The van der Waals surface area contributed by atoms with Gasteiger partial charge in [0.1, 0.15) is 11.7 Å². The number of aryl methyl sites for hydroxylation is 2. The molecule has 4 rings (SSSR count). The van der Waals surface area contributed by atoms with Crippen LogP contribution >= 0.6 is 0 Å². The van der Waals surface area contributed by atoms with E-state index in [-0.39, 0.29) is 17.9 Å². The number of amidine groups is 1. The molecular formula is C38H54N10O4. The van der Waals surface area contributed by atoms with Crippen molar-refractivity contribution in [1.29, 1.82) is 0 Å². The third-order valence-electron chi connectivity index (χ3n) is 9.26. The lowest BCUT2D eigenvalue weighted by Gasteiger charge is -2.41. The van der Waals surface area contributed by atoms with E-state index in [1.54, 1.807) is 42.0 Å². The van der Waals surface area contributed by atoms with Gasteiger partial charge < -0.3 is 16.3 Å². The van der Waals surface area contributed by atoms with Crippen LogP contribution in [0.1, 0.15) is 103 Å². The molecule has 4 aromatic rings. The van der Waals surface area contributed by atoms with Crippen LogP contribution in [0.25, 0.3) is 16.9 Å². The molecule has 52 heavy (non-hydrogen) atoms. The summed E-state index contributed by atoms with van der Waals surface area (Å²) in [5, 5.41) is 11.5. The Hall–Kier alpha value is -5.08. The van der Waals surface area contributed by atoms with E-state index < -0.39 is 22.7 Å². The van der Waals surface area contributed by atoms with E-state index in [0.717, 1.165) is 29.7 Å². The van der Waals surface area contributed by atoms with Gasteiger partial charge in [-0.1, -0.05) is 102 Å². The van der Waals surface area contributed by atoms with E-state index in [9.17, 15) is 14.5 Å². The summed E-state index contributed by atoms with van der Waals surface area (Å²) in [7, 11) is 0. The number of carbonyl (C=O) groups excluding carboxylic acids is 1. The molecule has 14 heteroatoms. The predicted octanol–water partition coefficient (Wildman–Crippen LogP) is 6.25. The summed E-state index contributed by atoms with van der Waals surface area (Å²) in [6.07, 6.45) is 2.44. The number of amides is 2. The first-order chi connectivity index (χ1) is 24.4. The minimum atomic E-state index is -1.21. The fourth-order valence-corrected chi connectivity index (χ4v) is 5.59. The molecule has 0 saturated heterocycles. The van der Waals surface area contributed by atoms with E-state index in [2.05, 4.69) is 41.1 Å². The minimum Gasteiger partial charge on any atom is -0.383 e. The van der Waals surface area contributed by atoms with Crippen molar-refractivity contribution in [2.24, 2.45) is 37.9 Å². The Labute approximate surface area is 305 Å². The molecule has 14 nitrogen and oxygen atoms in total. The zero-order valence-corrected chi connectivity index (χ0v) is 32.1. The Bertz CT molecular complexity index is 2000. The van der Waals surface area contributed by atoms with Crippen LogP contribution in [0, 0.1) is 17.2 Å². The molecular weight excluding hydrogens is 660 g/mol. The molecule has 280 valence electrons. The lowest BCUT2D eigenvalue weighted by Crippen LogP contribution is -2.58. The highest BCUT2D eigenvalue weighted by Crippen LogP contribution is 2.34. The Balaban J connectivity index is 0.00000358. The second-order valence-electron chi connectivity index (χ2n) is 13.9. The quantitative estimate of drug-likeness (QED) is 0.0469. The topological polar surface area (TPSA) is 211 Å². The summed E-state index contributed by atoms with van der Waals surface area (Å²) < 4.78 is 3.32. The summed E-state index contributed by atoms with van der Waals surface area (Å²) in [5.74, 6) is 0.792. The predicted molar refractivity (Wildman–Crippen MR) is 207 cm³/mol. The maximum absolute atomic E-state index is 14.6. The number of aromatic nitrogens is 4. The van der Waals surface area contributed by atoms with Gasteiger partial charge in [-0.15, -0.1) is 4.91 Å². The Morgan fingerprint density at radius 2 is 1.62 bits per heavy atom. The molecule has 6 N–H and O–H groups in total. The number of carbonyl (C=O) groups is 1. The lowest BCUT2D eigenvalue weighted by molar-refractivity contribution is -0.0114. The second-order valence-corrected chi connectivity index (χ2v) is 13.9. The first-order valence-corrected chi connectivity index (χ1v) is 17.7. The molecule has 0 aliphatic rings. The number of nitroso groups, excluding NO2 is 1. The maximum Gasteiger partial charge on any atom is 0.406 e. The van der Waals surface area contributed by atoms with Crippen molar-refractivity contribution in [2.75, 3.05) is 0 Å². The molecule has 0 aliphatic carbocycles. The van der Waals surface area contributed by atoms with Gasteiger partial charge in [-0.3, -0.25) is 15.1 Å². The normalized spacial score (nSPS) is 13.7. The highest BCUT2D eigenvalue weighted by molar-refractivity contribution is 6.08. The van der Waals surface area contributed by atoms with Gasteiger partial charge in [-0.25, -0.2) is 9.31 Å². The van der Waals surface area contributed by atoms with Gasteiger partial charge in [0.15, 0.2) is 5.72 Å². The molecule has 2 aromatic carbocycles. The smallest absolute Gasteiger partial charge is 0.383 e. The molecule has 0 bridgehead atoms. The highest BCUT2D eigenvalue weighted by Gasteiger charge is 2.42. The number of oxime groups is 1. The largest absolute Gasteiger partial charge is 0.406 e. The number of hydrogen-bond acceptors (Lipinski definition) is 9. The van der Waals surface area contributed by atoms with Crippen LogP contribution in [0.5, 0.6) is 0 Å². The van der Waals surface area contributed by atoms with Crippen molar-refractivity contribution < 1.29 is 9.63 Å². The standard InChI is InChI=1S/C36H48N10O4.C2H6/c1-9-13-28-27(20-23-16-18-24(19-17-23)25-14-11-12-15-26(25)30(37)41-32(48)43-49)31(47)45(33-40-22(3)42-46(28)33)21-29(44-50-35(6,7)38)36(8,39)34(4,5)10-2;1-2/h11-12,14-19H,9-10,13,20-21,38-39H2,1-8H3,(H2,37,41,48);1-2H3/b44-29-;. The molecule has 2 amide bonds. The van der Waals surface area contributed by atoms with Crippen LogP contribution in [0.2, 0.25) is 0 Å². The van der Waals surface area contributed by atoms with Crippen LogP contribution in [-0.2, 0) is 24.2 Å². The first-order valence-electron chi connectivity index (χ1n) is 17.7. The Morgan fingerprint density at radius 3 is 2.19 bits per heavy atom. The molecule has 0 aliphatic heterocycles. The third-order valence-corrected chi connectivity index (χ3v) is 9.26. The Kier molecular flexibility index (Phi) is 13.5. The van der Waals surface area contributed by atoms with Gasteiger partial charge in [0.05, 0.1) is 23.5 Å². The monoisotopic (exact) mass is 714 g/mol. The van der Waals surface area contributed by atoms with E-state index in [1.807, 2.05) is 64.1 Å². The van der Waals surface area contributed by atoms with Crippen LogP contribution in [0.15, 0.2) is 68.7 Å². The number of aliphatic imine (C=N–C) groups is 1. The molecule has 0 saturated carbocycles. The van der Waals surface area contributed by atoms with E-state index in [0.29, 0.717) is 46.8 Å². The highest BCUT2D eigenvalue weighted by atomic mass is 16.7. The van der Waals surface area contributed by atoms with Crippen LogP contribution in [0.4, 0.5) is 4.79 Å². The number of hydrogen-bond donors (Lipinski definition) is 3. The zero-order valence-electron chi connectivity index (χ0n) is 32.1. The summed E-state index contributed by atoms with van der Waals surface area (Å²) in [4.78, 5) is 50.7.